The number of carbonyl (C=O) groups excluding carboxylic acids is 2. The highest BCUT2D eigenvalue weighted by Crippen LogP contribution is 2.26. The maximum atomic E-state index is 12.4. The Hall–Kier alpha value is -3.50. The van der Waals surface area contributed by atoms with Crippen LogP contribution in [0.5, 0.6) is 5.75 Å². The van der Waals surface area contributed by atoms with Crippen LogP contribution in [-0.4, -0.2) is 18.4 Å². The van der Waals surface area contributed by atoms with Gasteiger partial charge in [0.2, 0.25) is 0 Å². The lowest BCUT2D eigenvalue weighted by Crippen LogP contribution is -2.20. The van der Waals surface area contributed by atoms with Crippen LogP contribution in [-0.2, 0) is 9.59 Å². The lowest BCUT2D eigenvalue weighted by Gasteiger charge is -2.08. The minimum absolute atomic E-state index is 0.124. The number of hydrogen-bond donors (Lipinski definition) is 2. The Labute approximate surface area is 205 Å². The minimum atomic E-state index is -0.625. The quantitative estimate of drug-likeness (QED) is 0.298. The topological polar surface area (TPSA) is 91.2 Å². The van der Waals surface area contributed by atoms with E-state index in [2.05, 4.69) is 10.6 Å². The summed E-state index contributed by atoms with van der Waals surface area (Å²) in [4.78, 5) is 24.5. The highest BCUT2D eigenvalue weighted by Gasteiger charge is 2.12. The van der Waals surface area contributed by atoms with Gasteiger partial charge in [-0.15, -0.1) is 0 Å². The Morgan fingerprint density at radius 1 is 0.939 bits per heavy atom. The standard InChI is InChI=1S/C24H16Cl3N3O3/c25-17-2-1-3-19(11-17)29-23(31)14-33-20-7-4-15(5-8-20)10-16(13-28)24(32)30-22-12-18(26)6-9-21(22)27/h1-12H,14H2,(H,29,31)(H,30,32)/b16-10-. The predicted octanol–water partition coefficient (Wildman–Crippen LogP) is 6.21. The van der Waals surface area contributed by atoms with E-state index in [0.29, 0.717) is 37.8 Å². The summed E-state index contributed by atoms with van der Waals surface area (Å²) in [6.07, 6.45) is 1.42. The van der Waals surface area contributed by atoms with Crippen LogP contribution in [0.15, 0.2) is 72.3 Å². The van der Waals surface area contributed by atoms with Crippen LogP contribution in [0.25, 0.3) is 6.08 Å². The van der Waals surface area contributed by atoms with E-state index in [1.165, 1.54) is 12.1 Å². The van der Waals surface area contributed by atoms with E-state index in [9.17, 15) is 14.9 Å². The van der Waals surface area contributed by atoms with E-state index in [-0.39, 0.29) is 18.1 Å². The Balaban J connectivity index is 1.59. The zero-order valence-electron chi connectivity index (χ0n) is 16.9. The largest absolute Gasteiger partial charge is 0.484 e. The summed E-state index contributed by atoms with van der Waals surface area (Å²) in [6.45, 7) is -0.200. The molecule has 0 aliphatic carbocycles. The SMILES string of the molecule is N#C/C(=C/c1ccc(OCC(=O)Nc2cccc(Cl)c2)cc1)C(=O)Nc1cc(Cl)ccc1Cl. The lowest BCUT2D eigenvalue weighted by molar-refractivity contribution is -0.118. The summed E-state index contributed by atoms with van der Waals surface area (Å²) in [5, 5.41) is 15.8. The van der Waals surface area contributed by atoms with Crippen molar-refractivity contribution in [2.75, 3.05) is 17.2 Å². The number of halogens is 3. The third-order valence-electron chi connectivity index (χ3n) is 4.21. The van der Waals surface area contributed by atoms with Gasteiger partial charge in [0.1, 0.15) is 17.4 Å². The van der Waals surface area contributed by atoms with E-state index in [1.807, 2.05) is 6.07 Å². The molecule has 0 bridgehead atoms. The van der Waals surface area contributed by atoms with Crippen molar-refractivity contribution in [3.63, 3.8) is 0 Å². The van der Waals surface area contributed by atoms with Gasteiger partial charge in [0.25, 0.3) is 11.8 Å². The molecule has 0 fully saturated rings. The van der Waals surface area contributed by atoms with Crippen LogP contribution < -0.4 is 15.4 Å². The molecule has 9 heteroatoms. The van der Waals surface area contributed by atoms with Gasteiger partial charge in [-0.25, -0.2) is 0 Å². The molecular weight excluding hydrogens is 485 g/mol. The molecule has 0 aliphatic heterocycles. The maximum Gasteiger partial charge on any atom is 0.266 e. The molecule has 0 aliphatic rings. The van der Waals surface area contributed by atoms with Crippen LogP contribution in [0.2, 0.25) is 15.1 Å². The van der Waals surface area contributed by atoms with Gasteiger partial charge in [0.05, 0.1) is 10.7 Å². The van der Waals surface area contributed by atoms with E-state index >= 15 is 0 Å². The van der Waals surface area contributed by atoms with Crippen molar-refractivity contribution in [3.05, 3.63) is 92.9 Å². The minimum Gasteiger partial charge on any atom is -0.484 e. The normalized spacial score (nSPS) is 10.8. The molecule has 166 valence electrons. The molecule has 3 rings (SSSR count). The third-order valence-corrected chi connectivity index (χ3v) is 5.01. The number of benzene rings is 3. The third kappa shape index (κ3) is 7.26. The molecule has 0 unspecified atom stereocenters. The Kier molecular flexibility index (Phi) is 8.34. The molecule has 0 atom stereocenters. The zero-order valence-corrected chi connectivity index (χ0v) is 19.2. The fraction of sp³-hybridized carbons (Fsp3) is 0.0417. The first-order valence-electron chi connectivity index (χ1n) is 9.50. The summed E-state index contributed by atoms with van der Waals surface area (Å²) >= 11 is 17.9. The van der Waals surface area contributed by atoms with Gasteiger partial charge in [-0.2, -0.15) is 5.26 Å². The summed E-state index contributed by atoms with van der Waals surface area (Å²) in [6, 6.07) is 19.8. The van der Waals surface area contributed by atoms with Crippen molar-refractivity contribution in [2.45, 2.75) is 0 Å². The smallest absolute Gasteiger partial charge is 0.266 e. The van der Waals surface area contributed by atoms with Crippen LogP contribution >= 0.6 is 34.8 Å². The summed E-state index contributed by atoms with van der Waals surface area (Å²) in [5.41, 5.74) is 1.34. The molecule has 0 heterocycles. The number of nitrogens with zero attached hydrogens (tertiary/aromatic N) is 1. The molecule has 2 amide bonds. The summed E-state index contributed by atoms with van der Waals surface area (Å²) in [5.74, 6) is -0.522. The average Bonchev–Trinajstić information content (AvgIpc) is 2.79. The fourth-order valence-electron chi connectivity index (χ4n) is 2.67. The number of anilines is 2. The molecule has 6 nitrogen and oxygen atoms in total. The highest BCUT2D eigenvalue weighted by atomic mass is 35.5. The van der Waals surface area contributed by atoms with E-state index < -0.39 is 5.91 Å². The second kappa shape index (κ2) is 11.4. The molecule has 0 saturated carbocycles. The molecule has 2 N–H and O–H groups in total. The van der Waals surface area contributed by atoms with Gasteiger partial charge in [0, 0.05) is 15.7 Å². The average molecular weight is 501 g/mol. The molecule has 0 aromatic heterocycles. The molecule has 0 saturated heterocycles. The first kappa shape index (κ1) is 24.1. The summed E-state index contributed by atoms with van der Waals surface area (Å²) in [7, 11) is 0. The van der Waals surface area contributed by atoms with Crippen LogP contribution in [0.1, 0.15) is 5.56 Å². The van der Waals surface area contributed by atoms with Crippen LogP contribution in [0.4, 0.5) is 11.4 Å². The van der Waals surface area contributed by atoms with E-state index in [1.54, 1.807) is 60.7 Å². The van der Waals surface area contributed by atoms with E-state index in [4.69, 9.17) is 39.5 Å². The first-order chi connectivity index (χ1) is 15.8. The van der Waals surface area contributed by atoms with Gasteiger partial charge >= 0.3 is 0 Å². The van der Waals surface area contributed by atoms with Gasteiger partial charge in [0.15, 0.2) is 6.61 Å². The van der Waals surface area contributed by atoms with Gasteiger partial charge < -0.3 is 15.4 Å². The number of carbonyl (C=O) groups is 2. The van der Waals surface area contributed by atoms with E-state index in [0.717, 1.165) is 0 Å². The number of nitrogens with one attached hydrogen (secondary N) is 2. The van der Waals surface area contributed by atoms with Crippen molar-refractivity contribution in [3.8, 4) is 11.8 Å². The molecular formula is C24H16Cl3N3O3. The van der Waals surface area contributed by atoms with Gasteiger partial charge in [-0.05, 0) is 60.2 Å². The number of ether oxygens (including phenoxy) is 1. The van der Waals surface area contributed by atoms with Crippen molar-refractivity contribution in [1.82, 2.24) is 0 Å². The maximum absolute atomic E-state index is 12.4. The number of rotatable bonds is 7. The fourth-order valence-corrected chi connectivity index (χ4v) is 3.20. The molecule has 3 aromatic rings. The van der Waals surface area contributed by atoms with Crippen molar-refractivity contribution in [1.29, 1.82) is 5.26 Å². The van der Waals surface area contributed by atoms with Crippen LogP contribution in [0, 0.1) is 11.3 Å². The second-order valence-electron chi connectivity index (χ2n) is 6.66. The number of nitriles is 1. The number of amides is 2. The number of hydrogen-bond acceptors (Lipinski definition) is 4. The Morgan fingerprint density at radius 2 is 1.67 bits per heavy atom. The van der Waals surface area contributed by atoms with Crippen LogP contribution in [0.3, 0.4) is 0 Å². The molecule has 33 heavy (non-hydrogen) atoms. The lowest BCUT2D eigenvalue weighted by atomic mass is 10.1. The van der Waals surface area contributed by atoms with Crippen molar-refractivity contribution < 1.29 is 14.3 Å². The second-order valence-corrected chi connectivity index (χ2v) is 7.94. The molecule has 0 radical (unpaired) electrons. The van der Waals surface area contributed by atoms with Gasteiger partial charge in [-0.3, -0.25) is 9.59 Å². The summed E-state index contributed by atoms with van der Waals surface area (Å²) < 4.78 is 5.47. The highest BCUT2D eigenvalue weighted by molar-refractivity contribution is 6.36. The molecule has 3 aromatic carbocycles. The monoisotopic (exact) mass is 499 g/mol. The Morgan fingerprint density at radius 3 is 2.36 bits per heavy atom. The van der Waals surface area contributed by atoms with Crippen molar-refractivity contribution >= 4 is 64.1 Å². The zero-order chi connectivity index (χ0) is 23.8. The molecule has 0 spiro atoms. The van der Waals surface area contributed by atoms with Crippen molar-refractivity contribution in [2.24, 2.45) is 0 Å². The predicted molar refractivity (Wildman–Crippen MR) is 131 cm³/mol. The van der Waals surface area contributed by atoms with Gasteiger partial charge in [-0.1, -0.05) is 53.0 Å². The Bertz CT molecular complexity index is 1250. The first-order valence-corrected chi connectivity index (χ1v) is 10.6.